The van der Waals surface area contributed by atoms with Crippen LogP contribution in [0.5, 0.6) is 0 Å². The summed E-state index contributed by atoms with van der Waals surface area (Å²) >= 11 is 7.43. The number of rotatable bonds is 5. The van der Waals surface area contributed by atoms with Gasteiger partial charge in [0.1, 0.15) is 12.7 Å². The van der Waals surface area contributed by atoms with Crippen LogP contribution in [-0.2, 0) is 6.54 Å². The van der Waals surface area contributed by atoms with Crippen molar-refractivity contribution in [3.05, 3.63) is 45.4 Å². The molecule has 3 rings (SSSR count). The molecule has 0 atom stereocenters. The van der Waals surface area contributed by atoms with Crippen LogP contribution < -0.4 is 0 Å². The average Bonchev–Trinajstić information content (AvgIpc) is 3.02. The van der Waals surface area contributed by atoms with Gasteiger partial charge in [0.2, 0.25) is 0 Å². The third kappa shape index (κ3) is 2.93. The molecule has 0 unspecified atom stereocenters. The van der Waals surface area contributed by atoms with E-state index in [2.05, 4.69) is 15.0 Å². The molecule has 114 valence electrons. The first-order chi connectivity index (χ1) is 10.5. The zero-order valence-electron chi connectivity index (χ0n) is 11.6. The first-order valence-corrected chi connectivity index (χ1v) is 7.85. The van der Waals surface area contributed by atoms with Crippen LogP contribution in [0.25, 0.3) is 11.0 Å². The number of fused-ring (bicyclic) bond motifs is 1. The van der Waals surface area contributed by atoms with Crippen LogP contribution in [0, 0.1) is 17.0 Å². The first-order valence-electron chi connectivity index (χ1n) is 6.49. The van der Waals surface area contributed by atoms with Crippen molar-refractivity contribution >= 4 is 40.2 Å². The van der Waals surface area contributed by atoms with Crippen molar-refractivity contribution in [3.63, 3.8) is 0 Å². The van der Waals surface area contributed by atoms with E-state index in [1.807, 2.05) is 12.1 Å². The first kappa shape index (κ1) is 14.9. The number of nitrogens with zero attached hydrogens (tertiary/aromatic N) is 4. The smallest absolute Gasteiger partial charge is 0.342 e. The number of halogens is 1. The lowest BCUT2D eigenvalue weighted by Crippen LogP contribution is -2.06. The van der Waals surface area contributed by atoms with E-state index in [4.69, 9.17) is 11.6 Å². The molecule has 3 aromatic rings. The maximum absolute atomic E-state index is 10.9. The van der Waals surface area contributed by atoms with Gasteiger partial charge in [0.15, 0.2) is 11.0 Å². The van der Waals surface area contributed by atoms with Crippen molar-refractivity contribution in [1.29, 1.82) is 0 Å². The Hall–Kier alpha value is -2.06. The predicted molar refractivity (Wildman–Crippen MR) is 85.4 cm³/mol. The summed E-state index contributed by atoms with van der Waals surface area (Å²) in [5.41, 5.74) is 1.72. The van der Waals surface area contributed by atoms with Gasteiger partial charge >= 0.3 is 5.82 Å². The number of nitrogens with one attached hydrogen (secondary N) is 1. The van der Waals surface area contributed by atoms with Gasteiger partial charge < -0.3 is 15.1 Å². The van der Waals surface area contributed by atoms with Crippen LogP contribution >= 0.6 is 23.4 Å². The molecule has 1 aromatic carbocycles. The van der Waals surface area contributed by atoms with Crippen LogP contribution in [0.2, 0.25) is 5.02 Å². The van der Waals surface area contributed by atoms with E-state index in [1.165, 1.54) is 18.0 Å². The van der Waals surface area contributed by atoms with Crippen LogP contribution in [0.4, 0.5) is 5.82 Å². The summed E-state index contributed by atoms with van der Waals surface area (Å²) in [4.78, 5) is 22.1. The fourth-order valence-electron chi connectivity index (χ4n) is 2.14. The van der Waals surface area contributed by atoms with Crippen molar-refractivity contribution in [2.75, 3.05) is 5.75 Å². The summed E-state index contributed by atoms with van der Waals surface area (Å²) < 4.78 is 1.59. The SMILES string of the molecule is Cc1ncc([N+](=O)[O-])n1CCSc1nc2ccc(Cl)cc2[nH]1. The standard InChI is InChI=1S/C13H12ClN5O2S/c1-8-15-7-12(19(20)21)18(8)4-5-22-13-16-10-3-2-9(14)6-11(10)17-13/h2-3,6-7H,4-5H2,1H3,(H,16,17). The highest BCUT2D eigenvalue weighted by molar-refractivity contribution is 7.99. The van der Waals surface area contributed by atoms with Gasteiger partial charge in [0.05, 0.1) is 11.0 Å². The minimum Gasteiger partial charge on any atom is -0.358 e. The molecular weight excluding hydrogens is 326 g/mol. The molecule has 2 heterocycles. The fraction of sp³-hybridized carbons (Fsp3) is 0.231. The third-order valence-corrected chi connectivity index (χ3v) is 4.29. The number of benzene rings is 1. The highest BCUT2D eigenvalue weighted by atomic mass is 35.5. The van der Waals surface area contributed by atoms with Gasteiger partial charge in [-0.15, -0.1) is 0 Å². The van der Waals surface area contributed by atoms with Crippen molar-refractivity contribution in [2.24, 2.45) is 0 Å². The zero-order valence-corrected chi connectivity index (χ0v) is 13.2. The second kappa shape index (κ2) is 5.98. The van der Waals surface area contributed by atoms with E-state index in [9.17, 15) is 10.1 Å². The highest BCUT2D eigenvalue weighted by Gasteiger charge is 2.17. The van der Waals surface area contributed by atoms with Gasteiger partial charge in [-0.05, 0) is 23.1 Å². The number of nitro groups is 1. The summed E-state index contributed by atoms with van der Waals surface area (Å²) in [7, 11) is 0. The average molecular weight is 338 g/mol. The Balaban J connectivity index is 1.70. The molecule has 0 aliphatic carbocycles. The van der Waals surface area contributed by atoms with Crippen LogP contribution in [0.15, 0.2) is 29.6 Å². The number of imidazole rings is 2. The van der Waals surface area contributed by atoms with Crippen molar-refractivity contribution < 1.29 is 4.92 Å². The Kier molecular flexibility index (Phi) is 4.04. The molecule has 0 saturated heterocycles. The van der Waals surface area contributed by atoms with E-state index >= 15 is 0 Å². The Bertz CT molecular complexity index is 844. The van der Waals surface area contributed by atoms with Gasteiger partial charge in [-0.2, -0.15) is 0 Å². The quantitative estimate of drug-likeness (QED) is 0.437. The van der Waals surface area contributed by atoms with E-state index < -0.39 is 4.92 Å². The molecule has 0 saturated carbocycles. The van der Waals surface area contributed by atoms with Gasteiger partial charge in [0.25, 0.3) is 0 Å². The normalized spacial score (nSPS) is 11.2. The highest BCUT2D eigenvalue weighted by Crippen LogP contribution is 2.23. The number of thioether (sulfide) groups is 1. The largest absolute Gasteiger partial charge is 0.358 e. The molecule has 0 aliphatic heterocycles. The summed E-state index contributed by atoms with van der Waals surface area (Å²) in [5, 5.41) is 12.3. The molecular formula is C13H12ClN5O2S. The molecule has 0 aliphatic rings. The fourth-order valence-corrected chi connectivity index (χ4v) is 3.12. The zero-order chi connectivity index (χ0) is 15.7. The summed E-state index contributed by atoms with van der Waals surface area (Å²) in [6.45, 7) is 2.24. The van der Waals surface area contributed by atoms with E-state index in [1.54, 1.807) is 17.6 Å². The molecule has 2 aromatic heterocycles. The van der Waals surface area contributed by atoms with Gasteiger partial charge in [-0.3, -0.25) is 0 Å². The van der Waals surface area contributed by atoms with Crippen LogP contribution in [0.3, 0.4) is 0 Å². The molecule has 0 amide bonds. The topological polar surface area (TPSA) is 89.6 Å². The summed E-state index contributed by atoms with van der Waals surface area (Å²) in [6, 6.07) is 5.46. The monoisotopic (exact) mass is 337 g/mol. The second-order valence-electron chi connectivity index (χ2n) is 4.62. The Morgan fingerprint density at radius 1 is 1.50 bits per heavy atom. The molecule has 0 radical (unpaired) electrons. The van der Waals surface area contributed by atoms with Gasteiger partial charge in [-0.25, -0.2) is 14.5 Å². The lowest BCUT2D eigenvalue weighted by atomic mass is 10.3. The molecule has 0 spiro atoms. The lowest BCUT2D eigenvalue weighted by Gasteiger charge is -2.01. The number of hydrogen-bond donors (Lipinski definition) is 1. The number of aromatic nitrogens is 4. The Labute approximate surface area is 134 Å². The molecule has 0 bridgehead atoms. The van der Waals surface area contributed by atoms with Gasteiger partial charge in [-0.1, -0.05) is 23.4 Å². The number of hydrogen-bond acceptors (Lipinski definition) is 5. The molecule has 9 heteroatoms. The molecule has 7 nitrogen and oxygen atoms in total. The number of aromatic amines is 1. The van der Waals surface area contributed by atoms with E-state index in [-0.39, 0.29) is 5.82 Å². The number of aryl methyl sites for hydroxylation is 1. The molecule has 22 heavy (non-hydrogen) atoms. The molecule has 1 N–H and O–H groups in total. The Morgan fingerprint density at radius 2 is 2.32 bits per heavy atom. The summed E-state index contributed by atoms with van der Waals surface area (Å²) in [5.74, 6) is 1.28. The van der Waals surface area contributed by atoms with Crippen LogP contribution in [0.1, 0.15) is 5.82 Å². The second-order valence-corrected chi connectivity index (χ2v) is 6.14. The van der Waals surface area contributed by atoms with Gasteiger partial charge in [0, 0.05) is 17.7 Å². The molecule has 0 fully saturated rings. The lowest BCUT2D eigenvalue weighted by molar-refractivity contribution is -0.392. The van der Waals surface area contributed by atoms with Crippen molar-refractivity contribution in [3.8, 4) is 0 Å². The minimum atomic E-state index is -0.423. The number of H-pyrrole nitrogens is 1. The predicted octanol–water partition coefficient (Wildman–Crippen LogP) is 3.42. The van der Waals surface area contributed by atoms with E-state index in [0.29, 0.717) is 23.1 Å². The van der Waals surface area contributed by atoms with Crippen LogP contribution in [-0.4, -0.2) is 30.2 Å². The maximum atomic E-state index is 10.9. The van der Waals surface area contributed by atoms with Crippen molar-refractivity contribution in [2.45, 2.75) is 18.6 Å². The minimum absolute atomic E-state index is 0.00879. The van der Waals surface area contributed by atoms with Crippen molar-refractivity contribution in [1.82, 2.24) is 19.5 Å². The maximum Gasteiger partial charge on any atom is 0.342 e. The van der Waals surface area contributed by atoms with E-state index in [0.717, 1.165) is 16.2 Å². The Morgan fingerprint density at radius 3 is 3.09 bits per heavy atom. The summed E-state index contributed by atoms with van der Waals surface area (Å²) in [6.07, 6.45) is 1.28. The third-order valence-electron chi connectivity index (χ3n) is 3.20.